The van der Waals surface area contributed by atoms with E-state index in [1.54, 1.807) is 0 Å². The second-order valence-corrected chi connectivity index (χ2v) is 10.3. The zero-order valence-corrected chi connectivity index (χ0v) is 19.2. The minimum Gasteiger partial charge on any atom is -0.0992 e. The van der Waals surface area contributed by atoms with Crippen molar-refractivity contribution in [2.75, 3.05) is 0 Å². The van der Waals surface area contributed by atoms with E-state index in [4.69, 9.17) is 0 Å². The van der Waals surface area contributed by atoms with Gasteiger partial charge in [-0.1, -0.05) is 91.5 Å². The van der Waals surface area contributed by atoms with Gasteiger partial charge in [0.15, 0.2) is 0 Å². The number of rotatable bonds is 3. The summed E-state index contributed by atoms with van der Waals surface area (Å²) >= 11 is 0. The molecule has 154 valence electrons. The number of aryl methyl sites for hydroxylation is 1. The van der Waals surface area contributed by atoms with Crippen LogP contribution in [0, 0.1) is 20.8 Å². The van der Waals surface area contributed by atoms with Crippen LogP contribution < -0.4 is 0 Å². The van der Waals surface area contributed by atoms with E-state index in [0.29, 0.717) is 0 Å². The van der Waals surface area contributed by atoms with Gasteiger partial charge in [-0.2, -0.15) is 0 Å². The molecule has 0 heterocycles. The van der Waals surface area contributed by atoms with E-state index in [-0.39, 0.29) is 24.2 Å². The first kappa shape index (κ1) is 24.2. The fourth-order valence-electron chi connectivity index (χ4n) is 4.03. The van der Waals surface area contributed by atoms with Gasteiger partial charge < -0.3 is 0 Å². The van der Waals surface area contributed by atoms with Crippen LogP contribution >= 0.6 is 0 Å². The normalized spacial score (nSPS) is 13.1. The second-order valence-electron chi connectivity index (χ2n) is 10.3. The summed E-state index contributed by atoms with van der Waals surface area (Å²) in [7, 11) is 0. The van der Waals surface area contributed by atoms with Crippen molar-refractivity contribution < 1.29 is 0 Å². The summed E-state index contributed by atoms with van der Waals surface area (Å²) in [5, 5.41) is 0. The molecule has 2 aromatic rings. The first-order chi connectivity index (χ1) is 12.2. The third-order valence-electron chi connectivity index (χ3n) is 5.88. The Morgan fingerprint density at radius 3 is 1.86 bits per heavy atom. The molecule has 0 amide bonds. The van der Waals surface area contributed by atoms with Crippen LogP contribution in [0.2, 0.25) is 0 Å². The lowest BCUT2D eigenvalue weighted by molar-refractivity contribution is 0.563. The Labute approximate surface area is 175 Å². The third-order valence-corrected chi connectivity index (χ3v) is 5.88. The van der Waals surface area contributed by atoms with Crippen LogP contribution in [0.4, 0.5) is 0 Å². The molecule has 0 spiro atoms. The largest absolute Gasteiger partial charge is 0.0992 e. The van der Waals surface area contributed by atoms with Gasteiger partial charge in [-0.05, 0) is 77.5 Å². The predicted octanol–water partition coefficient (Wildman–Crippen LogP) is 8.55. The van der Waals surface area contributed by atoms with E-state index in [9.17, 15) is 0 Å². The van der Waals surface area contributed by atoms with Gasteiger partial charge in [0.1, 0.15) is 0 Å². The topological polar surface area (TPSA) is 0 Å². The molecule has 28 heavy (non-hydrogen) atoms. The van der Waals surface area contributed by atoms with Crippen LogP contribution in [0.3, 0.4) is 0 Å². The zero-order valence-electron chi connectivity index (χ0n) is 19.2. The van der Waals surface area contributed by atoms with Crippen molar-refractivity contribution >= 4 is 0 Å². The number of allylic oxidation sites excluding steroid dienone is 1. The van der Waals surface area contributed by atoms with Gasteiger partial charge in [-0.15, -0.1) is 0 Å². The highest BCUT2D eigenvalue weighted by Gasteiger charge is 2.27. The maximum atomic E-state index is 4.40. The SMILES string of the molecule is C.C=C(C)C(c1cccc(C)c1C)c1cc(C(C)(C)C)cc(C(C)(C)C)c1C. The maximum Gasteiger partial charge on any atom is 0.0299 e. The van der Waals surface area contributed by atoms with E-state index < -0.39 is 0 Å². The zero-order chi connectivity index (χ0) is 20.7. The van der Waals surface area contributed by atoms with E-state index in [2.05, 4.69) is 106 Å². The van der Waals surface area contributed by atoms with Gasteiger partial charge in [0.25, 0.3) is 0 Å². The summed E-state index contributed by atoms with van der Waals surface area (Å²) in [6.45, 7) is 27.2. The molecule has 2 aromatic carbocycles. The highest BCUT2D eigenvalue weighted by atomic mass is 14.3. The molecule has 0 N–H and O–H groups in total. The van der Waals surface area contributed by atoms with Crippen LogP contribution in [0.15, 0.2) is 42.5 Å². The molecular weight excluding hydrogens is 336 g/mol. The van der Waals surface area contributed by atoms with E-state index >= 15 is 0 Å². The van der Waals surface area contributed by atoms with Gasteiger partial charge in [-0.3, -0.25) is 0 Å². The smallest absolute Gasteiger partial charge is 0.0299 e. The average molecular weight is 379 g/mol. The Morgan fingerprint density at radius 2 is 1.39 bits per heavy atom. The van der Waals surface area contributed by atoms with Crippen LogP contribution in [0.25, 0.3) is 0 Å². The molecule has 2 rings (SSSR count). The van der Waals surface area contributed by atoms with Gasteiger partial charge in [-0.25, -0.2) is 0 Å². The molecule has 0 aliphatic heterocycles. The Hall–Kier alpha value is -1.82. The molecule has 0 heteroatoms. The maximum absolute atomic E-state index is 4.40. The summed E-state index contributed by atoms with van der Waals surface area (Å²) in [5.41, 5.74) is 11.2. The fraction of sp³-hybridized carbons (Fsp3) is 0.500. The number of benzene rings is 2. The first-order valence-electron chi connectivity index (χ1n) is 10.1. The van der Waals surface area contributed by atoms with Crippen molar-refractivity contribution in [1.29, 1.82) is 0 Å². The summed E-state index contributed by atoms with van der Waals surface area (Å²) < 4.78 is 0. The molecule has 0 nitrogen and oxygen atoms in total. The van der Waals surface area contributed by atoms with E-state index in [1.165, 1.54) is 44.5 Å². The van der Waals surface area contributed by atoms with Crippen LogP contribution in [-0.2, 0) is 10.8 Å². The van der Waals surface area contributed by atoms with Crippen molar-refractivity contribution in [2.45, 2.75) is 93.4 Å². The molecule has 0 aliphatic carbocycles. The lowest BCUT2D eigenvalue weighted by atomic mass is 9.73. The molecular formula is C28H42. The minimum absolute atomic E-state index is 0. The Morgan fingerprint density at radius 1 is 0.821 bits per heavy atom. The number of hydrogen-bond acceptors (Lipinski definition) is 0. The standard InChI is InChI=1S/C27H38.CH4/c1-17(2)25(22-14-12-13-18(3)19(22)4)23-15-21(26(6,7)8)16-24(20(23)5)27(9,10)11;/h12-16,25H,1H2,2-11H3;1H4. The molecule has 0 fully saturated rings. The van der Waals surface area contributed by atoms with Crippen molar-refractivity contribution in [3.05, 3.63) is 81.4 Å². The number of hydrogen-bond donors (Lipinski definition) is 0. The van der Waals surface area contributed by atoms with Crippen molar-refractivity contribution in [3.63, 3.8) is 0 Å². The Bertz CT molecular complexity index is 851. The Balaban J connectivity index is 0.00000392. The quantitative estimate of drug-likeness (QED) is 0.469. The monoisotopic (exact) mass is 378 g/mol. The van der Waals surface area contributed by atoms with E-state index in [0.717, 1.165) is 0 Å². The molecule has 0 aliphatic rings. The van der Waals surface area contributed by atoms with Crippen molar-refractivity contribution in [2.24, 2.45) is 0 Å². The highest BCUT2D eigenvalue weighted by molar-refractivity contribution is 5.53. The summed E-state index contributed by atoms with van der Waals surface area (Å²) in [5.74, 6) is 0.230. The lowest BCUT2D eigenvalue weighted by Crippen LogP contribution is -2.20. The van der Waals surface area contributed by atoms with Gasteiger partial charge >= 0.3 is 0 Å². The molecule has 0 saturated heterocycles. The fourth-order valence-corrected chi connectivity index (χ4v) is 4.03. The average Bonchev–Trinajstić information content (AvgIpc) is 2.50. The molecule has 1 atom stereocenters. The van der Waals surface area contributed by atoms with Gasteiger partial charge in [0.05, 0.1) is 0 Å². The van der Waals surface area contributed by atoms with Crippen molar-refractivity contribution in [3.8, 4) is 0 Å². The van der Waals surface area contributed by atoms with Gasteiger partial charge in [0.2, 0.25) is 0 Å². The Kier molecular flexibility index (Phi) is 7.16. The first-order valence-corrected chi connectivity index (χ1v) is 10.1. The molecule has 0 radical (unpaired) electrons. The predicted molar refractivity (Wildman–Crippen MR) is 128 cm³/mol. The molecule has 0 aromatic heterocycles. The summed E-state index contributed by atoms with van der Waals surface area (Å²) in [6, 6.07) is 11.5. The van der Waals surface area contributed by atoms with Crippen LogP contribution in [-0.4, -0.2) is 0 Å². The van der Waals surface area contributed by atoms with Crippen LogP contribution in [0.5, 0.6) is 0 Å². The molecule has 0 saturated carbocycles. The van der Waals surface area contributed by atoms with E-state index in [1.807, 2.05) is 0 Å². The van der Waals surface area contributed by atoms with Crippen molar-refractivity contribution in [1.82, 2.24) is 0 Å². The molecule has 1 unspecified atom stereocenters. The lowest BCUT2D eigenvalue weighted by Gasteiger charge is -2.32. The summed E-state index contributed by atoms with van der Waals surface area (Å²) in [6.07, 6.45) is 0. The summed E-state index contributed by atoms with van der Waals surface area (Å²) in [4.78, 5) is 0. The highest BCUT2D eigenvalue weighted by Crippen LogP contribution is 2.41. The van der Waals surface area contributed by atoms with Crippen LogP contribution in [0.1, 0.15) is 101 Å². The second kappa shape index (κ2) is 8.27. The molecule has 0 bridgehead atoms. The van der Waals surface area contributed by atoms with Gasteiger partial charge in [0, 0.05) is 5.92 Å². The third kappa shape index (κ3) is 4.77. The minimum atomic E-state index is 0.